The van der Waals surface area contributed by atoms with E-state index < -0.39 is 5.97 Å². The fraction of sp³-hybridized carbons (Fsp3) is 0.889. The van der Waals surface area contributed by atoms with Gasteiger partial charge in [-0.1, -0.05) is 12.8 Å². The molecule has 2 bridgehead atoms. The van der Waals surface area contributed by atoms with Crippen LogP contribution in [0, 0.1) is 5.92 Å². The molecule has 68 valence electrons. The SMILES string of the molecule is O=C(O)[C@H]1C[C@H]2CCC[C@H](C2)N1. The molecular formula is C9H15NO2. The summed E-state index contributed by atoms with van der Waals surface area (Å²) in [5.41, 5.74) is 0. The smallest absolute Gasteiger partial charge is 0.320 e. The van der Waals surface area contributed by atoms with Crippen molar-refractivity contribution in [2.75, 3.05) is 0 Å². The Morgan fingerprint density at radius 2 is 2.17 bits per heavy atom. The van der Waals surface area contributed by atoms with E-state index in [9.17, 15) is 4.79 Å². The van der Waals surface area contributed by atoms with E-state index in [1.807, 2.05) is 0 Å². The number of hydrogen-bond acceptors (Lipinski definition) is 2. The van der Waals surface area contributed by atoms with Crippen molar-refractivity contribution in [3.63, 3.8) is 0 Å². The normalized spacial score (nSPS) is 40.8. The zero-order valence-electron chi connectivity index (χ0n) is 7.12. The predicted molar refractivity (Wildman–Crippen MR) is 44.9 cm³/mol. The highest BCUT2D eigenvalue weighted by molar-refractivity contribution is 5.73. The Kier molecular flexibility index (Phi) is 2.05. The number of carbonyl (C=O) groups is 1. The molecule has 0 aromatic rings. The molecule has 1 aliphatic heterocycles. The van der Waals surface area contributed by atoms with Gasteiger partial charge in [0.05, 0.1) is 0 Å². The Bertz CT molecular complexity index is 181. The van der Waals surface area contributed by atoms with E-state index in [0.717, 1.165) is 6.42 Å². The van der Waals surface area contributed by atoms with Crippen molar-refractivity contribution in [2.24, 2.45) is 5.92 Å². The summed E-state index contributed by atoms with van der Waals surface area (Å²) in [5.74, 6) is -0.00213. The van der Waals surface area contributed by atoms with Gasteiger partial charge in [0.15, 0.2) is 0 Å². The number of carboxylic acid groups (broad SMARTS) is 1. The average Bonchev–Trinajstić information content (AvgIpc) is 2.03. The molecule has 1 heterocycles. The maximum atomic E-state index is 10.7. The molecule has 2 N–H and O–H groups in total. The third-order valence-corrected chi connectivity index (χ3v) is 3.09. The van der Waals surface area contributed by atoms with Gasteiger partial charge in [-0.15, -0.1) is 0 Å². The Labute approximate surface area is 72.2 Å². The van der Waals surface area contributed by atoms with Gasteiger partial charge >= 0.3 is 5.97 Å². The van der Waals surface area contributed by atoms with Gasteiger partial charge in [-0.25, -0.2) is 0 Å². The highest BCUT2D eigenvalue weighted by Gasteiger charge is 2.34. The minimum Gasteiger partial charge on any atom is -0.480 e. The lowest BCUT2D eigenvalue weighted by atomic mass is 9.78. The second-order valence-corrected chi connectivity index (χ2v) is 4.02. The lowest BCUT2D eigenvalue weighted by Crippen LogP contribution is -2.51. The minimum atomic E-state index is -0.674. The summed E-state index contributed by atoms with van der Waals surface area (Å²) >= 11 is 0. The van der Waals surface area contributed by atoms with Crippen molar-refractivity contribution in [1.29, 1.82) is 0 Å². The third-order valence-electron chi connectivity index (χ3n) is 3.09. The van der Waals surface area contributed by atoms with Crippen molar-refractivity contribution < 1.29 is 9.90 Å². The second kappa shape index (κ2) is 3.05. The van der Waals surface area contributed by atoms with Crippen LogP contribution in [0.15, 0.2) is 0 Å². The fourth-order valence-corrected chi connectivity index (χ4v) is 2.51. The molecule has 0 aromatic heterocycles. The highest BCUT2D eigenvalue weighted by atomic mass is 16.4. The van der Waals surface area contributed by atoms with Crippen LogP contribution in [-0.2, 0) is 4.79 Å². The minimum absolute atomic E-state index is 0.269. The Balaban J connectivity index is 2.00. The number of carboxylic acids is 1. The van der Waals surface area contributed by atoms with E-state index in [1.54, 1.807) is 0 Å². The van der Waals surface area contributed by atoms with Gasteiger partial charge in [-0.05, 0) is 25.2 Å². The lowest BCUT2D eigenvalue weighted by molar-refractivity contribution is -0.141. The van der Waals surface area contributed by atoms with Crippen molar-refractivity contribution in [1.82, 2.24) is 5.32 Å². The summed E-state index contributed by atoms with van der Waals surface area (Å²) in [4.78, 5) is 10.7. The largest absolute Gasteiger partial charge is 0.480 e. The van der Waals surface area contributed by atoms with Crippen molar-refractivity contribution >= 4 is 5.97 Å². The van der Waals surface area contributed by atoms with E-state index in [4.69, 9.17) is 5.11 Å². The van der Waals surface area contributed by atoms with Gasteiger partial charge in [-0.3, -0.25) is 4.79 Å². The fourth-order valence-electron chi connectivity index (χ4n) is 2.51. The molecule has 2 fully saturated rings. The van der Waals surface area contributed by atoms with Gasteiger partial charge in [0.1, 0.15) is 6.04 Å². The van der Waals surface area contributed by atoms with Crippen LogP contribution in [0.1, 0.15) is 32.1 Å². The molecule has 3 heteroatoms. The Hall–Kier alpha value is -0.570. The van der Waals surface area contributed by atoms with Gasteiger partial charge in [0.25, 0.3) is 0 Å². The highest BCUT2D eigenvalue weighted by Crippen LogP contribution is 2.32. The summed E-state index contributed by atoms with van der Waals surface area (Å²) in [7, 11) is 0. The zero-order chi connectivity index (χ0) is 8.55. The summed E-state index contributed by atoms with van der Waals surface area (Å²) in [6, 6.07) is 0.215. The van der Waals surface area contributed by atoms with E-state index in [0.29, 0.717) is 12.0 Å². The maximum Gasteiger partial charge on any atom is 0.320 e. The molecule has 12 heavy (non-hydrogen) atoms. The molecule has 3 atom stereocenters. The van der Waals surface area contributed by atoms with Crippen LogP contribution in [-0.4, -0.2) is 23.2 Å². The van der Waals surface area contributed by atoms with Crippen LogP contribution in [0.25, 0.3) is 0 Å². The van der Waals surface area contributed by atoms with Crippen molar-refractivity contribution in [2.45, 2.75) is 44.2 Å². The number of rotatable bonds is 1. The third kappa shape index (κ3) is 1.46. The van der Waals surface area contributed by atoms with E-state index in [2.05, 4.69) is 5.32 Å². The number of aliphatic carboxylic acids is 1. The molecule has 2 aliphatic rings. The lowest BCUT2D eigenvalue weighted by Gasteiger charge is -2.38. The predicted octanol–water partition coefficient (Wildman–Crippen LogP) is 0.992. The summed E-state index contributed by atoms with van der Waals surface area (Å²) < 4.78 is 0. The molecule has 0 aromatic carbocycles. The second-order valence-electron chi connectivity index (χ2n) is 4.02. The zero-order valence-corrected chi connectivity index (χ0v) is 7.12. The standard InChI is InChI=1S/C9H15NO2/c11-9(12)8-5-6-2-1-3-7(4-6)10-8/h6-8,10H,1-5H2,(H,11,12)/t6-,7+,8+/m0/s1. The molecule has 2 rings (SSSR count). The first kappa shape index (κ1) is 8.05. The topological polar surface area (TPSA) is 49.3 Å². The quantitative estimate of drug-likeness (QED) is 0.615. The molecule has 3 nitrogen and oxygen atoms in total. The monoisotopic (exact) mass is 169 g/mol. The van der Waals surface area contributed by atoms with E-state index in [1.165, 1.54) is 25.7 Å². The van der Waals surface area contributed by atoms with Crippen LogP contribution in [0.2, 0.25) is 0 Å². The van der Waals surface area contributed by atoms with Crippen LogP contribution in [0.4, 0.5) is 0 Å². The van der Waals surface area contributed by atoms with Gasteiger partial charge in [0, 0.05) is 6.04 Å². The number of fused-ring (bicyclic) bond motifs is 2. The molecule has 1 aliphatic carbocycles. The van der Waals surface area contributed by atoms with Crippen LogP contribution in [0.3, 0.4) is 0 Å². The average molecular weight is 169 g/mol. The van der Waals surface area contributed by atoms with Crippen LogP contribution >= 0.6 is 0 Å². The number of piperidine rings is 1. The molecule has 1 saturated heterocycles. The molecular weight excluding hydrogens is 154 g/mol. The molecule has 0 spiro atoms. The first-order valence-electron chi connectivity index (χ1n) is 4.74. The van der Waals surface area contributed by atoms with E-state index in [-0.39, 0.29) is 6.04 Å². The Morgan fingerprint density at radius 1 is 1.33 bits per heavy atom. The van der Waals surface area contributed by atoms with Crippen molar-refractivity contribution in [3.05, 3.63) is 0 Å². The Morgan fingerprint density at radius 3 is 2.83 bits per heavy atom. The number of nitrogens with one attached hydrogen (secondary N) is 1. The number of hydrogen-bond donors (Lipinski definition) is 2. The first-order chi connectivity index (χ1) is 5.75. The van der Waals surface area contributed by atoms with Gasteiger partial charge in [-0.2, -0.15) is 0 Å². The summed E-state index contributed by atoms with van der Waals surface area (Å²) in [6.45, 7) is 0. The van der Waals surface area contributed by atoms with Crippen LogP contribution in [0.5, 0.6) is 0 Å². The van der Waals surface area contributed by atoms with Crippen LogP contribution < -0.4 is 5.32 Å². The molecule has 1 saturated carbocycles. The van der Waals surface area contributed by atoms with E-state index >= 15 is 0 Å². The molecule has 0 unspecified atom stereocenters. The first-order valence-corrected chi connectivity index (χ1v) is 4.74. The van der Waals surface area contributed by atoms with Gasteiger partial charge in [0.2, 0.25) is 0 Å². The maximum absolute atomic E-state index is 10.7. The summed E-state index contributed by atoms with van der Waals surface area (Å²) in [6.07, 6.45) is 5.71. The molecule has 0 amide bonds. The van der Waals surface area contributed by atoms with Gasteiger partial charge < -0.3 is 10.4 Å². The van der Waals surface area contributed by atoms with Crippen molar-refractivity contribution in [3.8, 4) is 0 Å². The molecule has 0 radical (unpaired) electrons. The summed E-state index contributed by atoms with van der Waals surface area (Å²) in [5, 5.41) is 12.0.